The van der Waals surface area contributed by atoms with Crippen molar-refractivity contribution in [2.24, 2.45) is 5.73 Å². The maximum atomic E-state index is 6.18. The summed E-state index contributed by atoms with van der Waals surface area (Å²) < 4.78 is 7.25. The number of aryl methyl sites for hydroxylation is 1. The zero-order valence-electron chi connectivity index (χ0n) is 12.0. The number of benzene rings is 1. The third kappa shape index (κ3) is 3.62. The molecule has 2 N–H and O–H groups in total. The minimum absolute atomic E-state index is 0.0765. The van der Waals surface area contributed by atoms with E-state index in [4.69, 9.17) is 10.5 Å². The van der Waals surface area contributed by atoms with Gasteiger partial charge < -0.3 is 10.5 Å². The van der Waals surface area contributed by atoms with E-state index in [-0.39, 0.29) is 6.10 Å². The highest BCUT2D eigenvalue weighted by Gasteiger charge is 2.17. The predicted octanol–water partition coefficient (Wildman–Crippen LogP) is 5.02. The lowest BCUT2D eigenvalue weighted by molar-refractivity contribution is 0.215. The van der Waals surface area contributed by atoms with Gasteiger partial charge in [-0.15, -0.1) is 11.3 Å². The molecule has 20 heavy (non-hydrogen) atoms. The first-order chi connectivity index (χ1) is 9.51. The average molecular weight is 354 g/mol. The number of nitrogens with two attached hydrogens (primary N) is 1. The first-order valence-corrected chi connectivity index (χ1v) is 8.34. The molecule has 1 atom stereocenters. The normalized spacial score (nSPS) is 12.7. The summed E-state index contributed by atoms with van der Waals surface area (Å²) in [6.45, 7) is 6.91. The second-order valence-electron chi connectivity index (χ2n) is 5.13. The Kier molecular flexibility index (Phi) is 5.24. The summed E-state index contributed by atoms with van der Waals surface area (Å²) in [4.78, 5) is 2.46. The van der Waals surface area contributed by atoms with Crippen molar-refractivity contribution >= 4 is 27.3 Å². The molecule has 0 bridgehead atoms. The van der Waals surface area contributed by atoms with Gasteiger partial charge in [0, 0.05) is 20.8 Å². The lowest BCUT2D eigenvalue weighted by Crippen LogP contribution is -2.18. The minimum atomic E-state index is -0.0765. The quantitative estimate of drug-likeness (QED) is 0.818. The summed E-state index contributed by atoms with van der Waals surface area (Å²) in [6.07, 6.45) is -0.0765. The first kappa shape index (κ1) is 15.5. The van der Waals surface area contributed by atoms with Gasteiger partial charge in [0.1, 0.15) is 11.9 Å². The van der Waals surface area contributed by atoms with Gasteiger partial charge in [0.15, 0.2) is 0 Å². The smallest absolute Gasteiger partial charge is 0.145 e. The molecular weight excluding hydrogens is 334 g/mol. The van der Waals surface area contributed by atoms with Crippen molar-refractivity contribution in [3.63, 3.8) is 0 Å². The van der Waals surface area contributed by atoms with Crippen LogP contribution in [0.5, 0.6) is 5.75 Å². The summed E-state index contributed by atoms with van der Waals surface area (Å²) in [5.41, 5.74) is 7.09. The highest BCUT2D eigenvalue weighted by atomic mass is 79.9. The summed E-state index contributed by atoms with van der Waals surface area (Å²) in [5.74, 6) is 1.33. The van der Waals surface area contributed by atoms with Gasteiger partial charge in [-0.2, -0.15) is 0 Å². The highest BCUT2D eigenvalue weighted by Crippen LogP contribution is 2.33. The summed E-state index contributed by atoms with van der Waals surface area (Å²) in [6, 6.07) is 10.4. The van der Waals surface area contributed by atoms with E-state index in [1.54, 1.807) is 11.3 Å². The Morgan fingerprint density at radius 2 is 2.00 bits per heavy atom. The number of rotatable bonds is 5. The largest absolute Gasteiger partial charge is 0.483 e. The highest BCUT2D eigenvalue weighted by molar-refractivity contribution is 9.10. The monoisotopic (exact) mass is 353 g/mol. The molecule has 1 aromatic carbocycles. The lowest BCUT2D eigenvalue weighted by atomic mass is 10.0. The molecule has 0 radical (unpaired) electrons. The van der Waals surface area contributed by atoms with Gasteiger partial charge in [0.25, 0.3) is 0 Å². The topological polar surface area (TPSA) is 35.2 Å². The molecule has 0 aliphatic heterocycles. The maximum absolute atomic E-state index is 6.18. The van der Waals surface area contributed by atoms with Crippen LogP contribution in [0.1, 0.15) is 41.2 Å². The van der Waals surface area contributed by atoms with Gasteiger partial charge in [-0.25, -0.2) is 0 Å². The molecule has 2 nitrogen and oxygen atoms in total. The maximum Gasteiger partial charge on any atom is 0.145 e. The van der Waals surface area contributed by atoms with Crippen LogP contribution in [0.25, 0.3) is 0 Å². The Labute approximate surface area is 133 Å². The molecule has 0 amide bonds. The van der Waals surface area contributed by atoms with Gasteiger partial charge in [0.05, 0.1) is 0 Å². The predicted molar refractivity (Wildman–Crippen MR) is 89.7 cm³/mol. The molecule has 0 saturated carbocycles. The molecule has 2 aromatic rings. The van der Waals surface area contributed by atoms with Gasteiger partial charge in [-0.3, -0.25) is 0 Å². The third-order valence-corrected chi connectivity index (χ3v) is 4.74. The summed E-state index contributed by atoms with van der Waals surface area (Å²) in [5, 5.41) is 0. The second-order valence-corrected chi connectivity index (χ2v) is 7.36. The molecule has 0 aliphatic carbocycles. The second kappa shape index (κ2) is 6.74. The van der Waals surface area contributed by atoms with Crippen LogP contribution >= 0.6 is 27.3 Å². The fraction of sp³-hybridized carbons (Fsp3) is 0.375. The molecule has 108 valence electrons. The number of hydrogen-bond acceptors (Lipinski definition) is 3. The fourth-order valence-electron chi connectivity index (χ4n) is 2.08. The molecule has 1 aromatic heterocycles. The van der Waals surface area contributed by atoms with E-state index in [9.17, 15) is 0 Å². The van der Waals surface area contributed by atoms with Gasteiger partial charge in [0.2, 0.25) is 0 Å². The lowest BCUT2D eigenvalue weighted by Gasteiger charge is -2.20. The Hall–Kier alpha value is -0.840. The number of halogens is 1. The van der Waals surface area contributed by atoms with Gasteiger partial charge >= 0.3 is 0 Å². The van der Waals surface area contributed by atoms with Crippen LogP contribution in [0.15, 0.2) is 34.8 Å². The van der Waals surface area contributed by atoms with E-state index in [1.165, 1.54) is 15.3 Å². The Morgan fingerprint density at radius 3 is 2.55 bits per heavy atom. The van der Waals surface area contributed by atoms with Crippen molar-refractivity contribution in [3.05, 3.63) is 50.1 Å². The SMILES string of the molecule is Cc1ccc(C(CN)Oc2ccc(Br)cc2C(C)C)s1. The van der Waals surface area contributed by atoms with E-state index in [2.05, 4.69) is 54.9 Å². The van der Waals surface area contributed by atoms with Crippen molar-refractivity contribution in [1.82, 2.24) is 0 Å². The van der Waals surface area contributed by atoms with E-state index >= 15 is 0 Å². The number of thiophene rings is 1. The standard InChI is InChI=1S/C16H20BrNOS/c1-10(2)13-8-12(17)5-6-14(13)19-15(9-18)16-7-4-11(3)20-16/h4-8,10,15H,9,18H2,1-3H3. The summed E-state index contributed by atoms with van der Waals surface area (Å²) in [7, 11) is 0. The zero-order chi connectivity index (χ0) is 14.7. The van der Waals surface area contributed by atoms with E-state index in [1.807, 2.05) is 12.1 Å². The van der Waals surface area contributed by atoms with E-state index in [0.29, 0.717) is 12.5 Å². The Bertz CT molecular complexity index is 580. The Morgan fingerprint density at radius 1 is 1.25 bits per heavy atom. The third-order valence-electron chi connectivity index (χ3n) is 3.16. The van der Waals surface area contributed by atoms with Crippen molar-refractivity contribution in [2.45, 2.75) is 32.8 Å². The molecule has 0 fully saturated rings. The van der Waals surface area contributed by atoms with Crippen molar-refractivity contribution in [3.8, 4) is 5.75 Å². The van der Waals surface area contributed by atoms with Crippen LogP contribution in [-0.4, -0.2) is 6.54 Å². The molecule has 1 unspecified atom stereocenters. The van der Waals surface area contributed by atoms with Crippen LogP contribution in [0, 0.1) is 6.92 Å². The Balaban J connectivity index is 2.28. The van der Waals surface area contributed by atoms with E-state index < -0.39 is 0 Å². The molecular formula is C16H20BrNOS. The molecule has 4 heteroatoms. The number of hydrogen-bond donors (Lipinski definition) is 1. The van der Waals surface area contributed by atoms with Crippen LogP contribution in [0.3, 0.4) is 0 Å². The molecule has 0 aliphatic rings. The summed E-state index contributed by atoms with van der Waals surface area (Å²) >= 11 is 5.26. The first-order valence-electron chi connectivity index (χ1n) is 6.73. The van der Waals surface area contributed by atoms with Crippen molar-refractivity contribution < 1.29 is 4.74 Å². The molecule has 2 rings (SSSR count). The van der Waals surface area contributed by atoms with Gasteiger partial charge in [-0.05, 0) is 48.7 Å². The molecule has 0 saturated heterocycles. The molecule has 1 heterocycles. The zero-order valence-corrected chi connectivity index (χ0v) is 14.4. The van der Waals surface area contributed by atoms with Crippen molar-refractivity contribution in [2.75, 3.05) is 6.54 Å². The van der Waals surface area contributed by atoms with Crippen LogP contribution in [0.4, 0.5) is 0 Å². The average Bonchev–Trinajstić information content (AvgIpc) is 2.83. The fourth-order valence-corrected chi connectivity index (χ4v) is 3.38. The van der Waals surface area contributed by atoms with Crippen LogP contribution in [-0.2, 0) is 0 Å². The van der Waals surface area contributed by atoms with Crippen molar-refractivity contribution in [1.29, 1.82) is 0 Å². The van der Waals surface area contributed by atoms with Crippen LogP contribution < -0.4 is 10.5 Å². The number of ether oxygens (including phenoxy) is 1. The van der Waals surface area contributed by atoms with Crippen LogP contribution in [0.2, 0.25) is 0 Å². The molecule has 0 spiro atoms. The van der Waals surface area contributed by atoms with E-state index in [0.717, 1.165) is 10.2 Å². The van der Waals surface area contributed by atoms with Gasteiger partial charge in [-0.1, -0.05) is 29.8 Å². The minimum Gasteiger partial charge on any atom is -0.483 e.